The number of carbonyl (C=O) groups is 2. The molecule has 2 atom stereocenters. The van der Waals surface area contributed by atoms with Gasteiger partial charge in [0.25, 0.3) is 5.91 Å². The summed E-state index contributed by atoms with van der Waals surface area (Å²) >= 11 is 0. The number of hydrogen-bond acceptors (Lipinski definition) is 3. The lowest BCUT2D eigenvalue weighted by Crippen LogP contribution is -2.32. The number of H-pyrrole nitrogens is 1. The Hall–Kier alpha value is -2.40. The van der Waals surface area contributed by atoms with E-state index in [4.69, 9.17) is 5.73 Å². The van der Waals surface area contributed by atoms with E-state index in [2.05, 4.69) is 24.0 Å². The molecule has 1 aliphatic heterocycles. The van der Waals surface area contributed by atoms with Crippen molar-refractivity contribution in [1.82, 2.24) is 9.88 Å². The van der Waals surface area contributed by atoms with Gasteiger partial charge in [0.15, 0.2) is 5.78 Å². The molecule has 5 nitrogen and oxygen atoms in total. The van der Waals surface area contributed by atoms with E-state index < -0.39 is 0 Å². The number of carbonyl (C=O) groups excluding carboxylic acids is 2. The van der Waals surface area contributed by atoms with Gasteiger partial charge in [-0.15, -0.1) is 0 Å². The van der Waals surface area contributed by atoms with Crippen LogP contribution in [0.15, 0.2) is 30.3 Å². The number of Topliss-reactive ketones (excluding diaryl/α,β-unsaturated/α-hetero) is 1. The largest absolute Gasteiger partial charge is 0.354 e. The standard InChI is InChI=1S/C21H27N3O2/c1-4-8-16-19(14(3)25)13(2)23-20(16)21(26)24-11-17(18(22)12-24)15-9-6-5-7-10-15/h5-7,9-10,17-18,23H,4,8,11-12,22H2,1-3H3/t17-,18+/m0/s1. The molecular formula is C21H27N3O2. The van der Waals surface area contributed by atoms with E-state index in [1.165, 1.54) is 0 Å². The third kappa shape index (κ3) is 3.31. The summed E-state index contributed by atoms with van der Waals surface area (Å²) in [4.78, 5) is 30.2. The summed E-state index contributed by atoms with van der Waals surface area (Å²) in [5, 5.41) is 0. The maximum absolute atomic E-state index is 13.2. The predicted octanol–water partition coefficient (Wildman–Crippen LogP) is 3.05. The first-order chi connectivity index (χ1) is 12.4. The van der Waals surface area contributed by atoms with Crippen molar-refractivity contribution >= 4 is 11.7 Å². The second kappa shape index (κ2) is 7.46. The molecule has 0 aliphatic carbocycles. The number of rotatable bonds is 5. The number of ketones is 1. The van der Waals surface area contributed by atoms with E-state index in [-0.39, 0.29) is 23.7 Å². The molecule has 0 unspecified atom stereocenters. The van der Waals surface area contributed by atoms with Crippen LogP contribution in [0.3, 0.4) is 0 Å². The zero-order valence-electron chi connectivity index (χ0n) is 15.7. The van der Waals surface area contributed by atoms with E-state index in [0.29, 0.717) is 30.8 Å². The molecule has 1 aliphatic rings. The van der Waals surface area contributed by atoms with Crippen molar-refractivity contribution in [1.29, 1.82) is 0 Å². The lowest BCUT2D eigenvalue weighted by Gasteiger charge is -2.17. The average molecular weight is 353 g/mol. The van der Waals surface area contributed by atoms with Gasteiger partial charge in [-0.25, -0.2) is 0 Å². The van der Waals surface area contributed by atoms with Crippen LogP contribution >= 0.6 is 0 Å². The number of nitrogens with two attached hydrogens (primary N) is 1. The van der Waals surface area contributed by atoms with Gasteiger partial charge in [0.05, 0.1) is 0 Å². The Balaban J connectivity index is 1.89. The molecule has 26 heavy (non-hydrogen) atoms. The quantitative estimate of drug-likeness (QED) is 0.811. The minimum Gasteiger partial charge on any atom is -0.354 e. The average Bonchev–Trinajstić information content (AvgIpc) is 3.16. The minimum absolute atomic E-state index is 0.00142. The molecule has 0 bridgehead atoms. The fraction of sp³-hybridized carbons (Fsp3) is 0.429. The lowest BCUT2D eigenvalue weighted by molar-refractivity contribution is 0.0782. The van der Waals surface area contributed by atoms with Crippen LogP contribution < -0.4 is 5.73 Å². The zero-order chi connectivity index (χ0) is 18.8. The second-order valence-corrected chi connectivity index (χ2v) is 7.18. The number of nitrogens with zero attached hydrogens (tertiary/aromatic N) is 1. The summed E-state index contributed by atoms with van der Waals surface area (Å²) in [5.41, 5.74) is 10.3. The van der Waals surface area contributed by atoms with Crippen molar-refractivity contribution in [2.24, 2.45) is 5.73 Å². The Kier molecular flexibility index (Phi) is 5.28. The Morgan fingerprint density at radius 3 is 2.54 bits per heavy atom. The summed E-state index contributed by atoms with van der Waals surface area (Å²) in [6, 6.07) is 10.0. The first kappa shape index (κ1) is 18.4. The van der Waals surface area contributed by atoms with Crippen molar-refractivity contribution in [2.75, 3.05) is 13.1 Å². The van der Waals surface area contributed by atoms with Gasteiger partial charge in [-0.1, -0.05) is 43.7 Å². The molecule has 3 rings (SSSR count). The third-order valence-electron chi connectivity index (χ3n) is 5.24. The highest BCUT2D eigenvalue weighted by Gasteiger charge is 2.36. The SMILES string of the molecule is CCCc1c(C(=O)N2C[C@@H](N)[C@H](c3ccccc3)C2)[nH]c(C)c1C(C)=O. The highest BCUT2D eigenvalue weighted by Crippen LogP contribution is 2.29. The molecule has 5 heteroatoms. The van der Waals surface area contributed by atoms with E-state index in [9.17, 15) is 9.59 Å². The highest BCUT2D eigenvalue weighted by atomic mass is 16.2. The number of nitrogens with one attached hydrogen (secondary N) is 1. The van der Waals surface area contributed by atoms with Crippen molar-refractivity contribution in [3.63, 3.8) is 0 Å². The van der Waals surface area contributed by atoms with Crippen LogP contribution in [-0.4, -0.2) is 40.7 Å². The van der Waals surface area contributed by atoms with Crippen molar-refractivity contribution in [2.45, 2.75) is 45.6 Å². The van der Waals surface area contributed by atoms with Crippen LogP contribution in [0, 0.1) is 6.92 Å². The van der Waals surface area contributed by atoms with Crippen LogP contribution in [0.5, 0.6) is 0 Å². The smallest absolute Gasteiger partial charge is 0.270 e. The predicted molar refractivity (Wildman–Crippen MR) is 103 cm³/mol. The summed E-state index contributed by atoms with van der Waals surface area (Å²) in [6.45, 7) is 6.59. The topological polar surface area (TPSA) is 79.2 Å². The van der Waals surface area contributed by atoms with E-state index in [1.807, 2.05) is 30.0 Å². The fourth-order valence-corrected chi connectivity index (χ4v) is 4.04. The van der Waals surface area contributed by atoms with Gasteiger partial charge in [-0.2, -0.15) is 0 Å². The molecule has 2 heterocycles. The molecule has 2 aromatic rings. The highest BCUT2D eigenvalue weighted by molar-refractivity contribution is 6.02. The molecule has 0 radical (unpaired) electrons. The molecule has 1 aromatic heterocycles. The van der Waals surface area contributed by atoms with Gasteiger partial charge in [-0.05, 0) is 31.4 Å². The number of likely N-dealkylation sites (tertiary alicyclic amines) is 1. The number of hydrogen-bond donors (Lipinski definition) is 2. The van der Waals surface area contributed by atoms with Crippen LogP contribution in [-0.2, 0) is 6.42 Å². The van der Waals surface area contributed by atoms with Gasteiger partial charge in [0.2, 0.25) is 0 Å². The van der Waals surface area contributed by atoms with Crippen molar-refractivity contribution in [3.05, 3.63) is 58.4 Å². The van der Waals surface area contributed by atoms with Gasteiger partial charge >= 0.3 is 0 Å². The number of aromatic nitrogens is 1. The van der Waals surface area contributed by atoms with Crippen LogP contribution in [0.25, 0.3) is 0 Å². The maximum Gasteiger partial charge on any atom is 0.270 e. The van der Waals surface area contributed by atoms with Gasteiger partial charge < -0.3 is 15.6 Å². The number of aryl methyl sites for hydroxylation is 1. The Bertz CT molecular complexity index is 810. The van der Waals surface area contributed by atoms with Crippen molar-refractivity contribution in [3.8, 4) is 0 Å². The Morgan fingerprint density at radius 2 is 1.92 bits per heavy atom. The first-order valence-corrected chi connectivity index (χ1v) is 9.26. The Labute approximate surface area is 154 Å². The number of aromatic amines is 1. The molecule has 1 aromatic carbocycles. The molecule has 0 spiro atoms. The van der Waals surface area contributed by atoms with Gasteiger partial charge in [0.1, 0.15) is 5.69 Å². The molecule has 1 amide bonds. The summed E-state index contributed by atoms with van der Waals surface area (Å²) < 4.78 is 0. The second-order valence-electron chi connectivity index (χ2n) is 7.18. The summed E-state index contributed by atoms with van der Waals surface area (Å²) in [7, 11) is 0. The molecule has 0 saturated carbocycles. The minimum atomic E-state index is -0.0840. The van der Waals surface area contributed by atoms with E-state index in [1.54, 1.807) is 6.92 Å². The molecule has 138 valence electrons. The fourth-order valence-electron chi connectivity index (χ4n) is 4.04. The monoisotopic (exact) mass is 353 g/mol. The third-order valence-corrected chi connectivity index (χ3v) is 5.24. The van der Waals surface area contributed by atoms with Crippen LogP contribution in [0.1, 0.15) is 63.9 Å². The number of amides is 1. The molecule has 3 N–H and O–H groups in total. The molecular weight excluding hydrogens is 326 g/mol. The summed E-state index contributed by atoms with van der Waals surface area (Å²) in [6.07, 6.45) is 1.59. The van der Waals surface area contributed by atoms with Gasteiger partial charge in [-0.3, -0.25) is 9.59 Å². The Morgan fingerprint density at radius 1 is 1.23 bits per heavy atom. The molecule has 1 saturated heterocycles. The van der Waals surface area contributed by atoms with E-state index in [0.717, 1.165) is 23.2 Å². The maximum atomic E-state index is 13.2. The normalized spacial score (nSPS) is 19.8. The van der Waals surface area contributed by atoms with E-state index >= 15 is 0 Å². The summed E-state index contributed by atoms with van der Waals surface area (Å²) in [5.74, 6) is 0.0811. The van der Waals surface area contributed by atoms with Gasteiger partial charge in [0, 0.05) is 36.3 Å². The zero-order valence-corrected chi connectivity index (χ0v) is 15.7. The van der Waals surface area contributed by atoms with Crippen LogP contribution in [0.4, 0.5) is 0 Å². The van der Waals surface area contributed by atoms with Crippen LogP contribution in [0.2, 0.25) is 0 Å². The number of benzene rings is 1. The lowest BCUT2D eigenvalue weighted by atomic mass is 9.95. The van der Waals surface area contributed by atoms with Crippen molar-refractivity contribution < 1.29 is 9.59 Å². The first-order valence-electron chi connectivity index (χ1n) is 9.26. The molecule has 1 fully saturated rings.